The third kappa shape index (κ3) is 6.32. The van der Waals surface area contributed by atoms with Crippen LogP contribution in [0.2, 0.25) is 0 Å². The monoisotopic (exact) mass is 159 g/mol. The normalized spacial score (nSPS) is 12.0. The molecule has 2 nitrogen and oxygen atoms in total. The van der Waals surface area contributed by atoms with E-state index in [0.717, 1.165) is 26.0 Å². The molecule has 0 aromatic rings. The van der Waals surface area contributed by atoms with Gasteiger partial charge in [-0.25, -0.2) is 0 Å². The summed E-state index contributed by atoms with van der Waals surface area (Å²) in [6.45, 7) is 6.18. The first kappa shape index (κ1) is 10.9. The van der Waals surface area contributed by atoms with Crippen molar-refractivity contribution in [2.75, 3.05) is 20.3 Å². The second kappa shape index (κ2) is 5.56. The third-order valence-corrected chi connectivity index (χ3v) is 2.02. The van der Waals surface area contributed by atoms with Crippen molar-refractivity contribution in [3.63, 3.8) is 0 Å². The molecule has 0 aliphatic rings. The number of hydrogen-bond acceptors (Lipinski definition) is 2. The van der Waals surface area contributed by atoms with E-state index in [0.29, 0.717) is 5.41 Å². The molecule has 0 radical (unpaired) electrons. The molecule has 2 N–H and O–H groups in total. The molecule has 0 saturated heterocycles. The van der Waals surface area contributed by atoms with Gasteiger partial charge in [-0.3, -0.25) is 0 Å². The lowest BCUT2D eigenvalue weighted by Crippen LogP contribution is -2.17. The maximum Gasteiger partial charge on any atom is 0.0462 e. The fraction of sp³-hybridized carbons (Fsp3) is 1.00. The van der Waals surface area contributed by atoms with E-state index in [1.165, 1.54) is 6.42 Å². The average molecular weight is 159 g/mol. The van der Waals surface area contributed by atoms with Gasteiger partial charge < -0.3 is 10.5 Å². The van der Waals surface area contributed by atoms with E-state index in [-0.39, 0.29) is 0 Å². The Morgan fingerprint density at radius 2 is 1.91 bits per heavy atom. The summed E-state index contributed by atoms with van der Waals surface area (Å²) in [7, 11) is 1.75. The summed E-state index contributed by atoms with van der Waals surface area (Å²) in [4.78, 5) is 0. The summed E-state index contributed by atoms with van der Waals surface area (Å²) in [6, 6.07) is 0. The molecule has 0 unspecified atom stereocenters. The predicted octanol–water partition coefficient (Wildman–Crippen LogP) is 1.79. The van der Waals surface area contributed by atoms with Gasteiger partial charge in [0.2, 0.25) is 0 Å². The Kier molecular flexibility index (Phi) is 5.51. The first-order valence-electron chi connectivity index (χ1n) is 4.31. The van der Waals surface area contributed by atoms with E-state index < -0.39 is 0 Å². The minimum atomic E-state index is 0.396. The van der Waals surface area contributed by atoms with Gasteiger partial charge in [0.1, 0.15) is 0 Å². The standard InChI is InChI=1S/C9H21NO/c1-9(2,6-7-10)5-4-8-11-3/h4-8,10H2,1-3H3. The van der Waals surface area contributed by atoms with Crippen LogP contribution in [0.3, 0.4) is 0 Å². The lowest BCUT2D eigenvalue weighted by molar-refractivity contribution is 0.173. The molecule has 0 bridgehead atoms. The Hall–Kier alpha value is -0.0800. The average Bonchev–Trinajstić information content (AvgIpc) is 1.87. The van der Waals surface area contributed by atoms with Gasteiger partial charge in [-0.05, 0) is 31.2 Å². The maximum absolute atomic E-state index is 5.49. The molecule has 0 spiro atoms. The van der Waals surface area contributed by atoms with Gasteiger partial charge in [0, 0.05) is 13.7 Å². The molecule has 0 aromatic carbocycles. The van der Waals surface area contributed by atoms with Crippen LogP contribution in [-0.4, -0.2) is 20.3 Å². The predicted molar refractivity (Wildman–Crippen MR) is 48.6 cm³/mol. The molecule has 0 heterocycles. The summed E-state index contributed by atoms with van der Waals surface area (Å²) in [5.41, 5.74) is 5.88. The molecular weight excluding hydrogens is 138 g/mol. The van der Waals surface area contributed by atoms with Crippen LogP contribution < -0.4 is 5.73 Å². The number of rotatable bonds is 6. The van der Waals surface area contributed by atoms with Gasteiger partial charge in [0.25, 0.3) is 0 Å². The summed E-state index contributed by atoms with van der Waals surface area (Å²) in [5, 5.41) is 0. The third-order valence-electron chi connectivity index (χ3n) is 2.02. The molecule has 0 aromatic heterocycles. The Bertz CT molecular complexity index is 91.6. The smallest absolute Gasteiger partial charge is 0.0462 e. The van der Waals surface area contributed by atoms with Crippen molar-refractivity contribution >= 4 is 0 Å². The highest BCUT2D eigenvalue weighted by atomic mass is 16.5. The highest BCUT2D eigenvalue weighted by Gasteiger charge is 2.15. The van der Waals surface area contributed by atoms with Gasteiger partial charge >= 0.3 is 0 Å². The van der Waals surface area contributed by atoms with Crippen molar-refractivity contribution in [3.05, 3.63) is 0 Å². The van der Waals surface area contributed by atoms with Crippen molar-refractivity contribution in [2.24, 2.45) is 11.1 Å². The molecule has 68 valence electrons. The van der Waals surface area contributed by atoms with Crippen LogP contribution in [0.1, 0.15) is 33.1 Å². The zero-order valence-corrected chi connectivity index (χ0v) is 8.02. The van der Waals surface area contributed by atoms with Crippen molar-refractivity contribution < 1.29 is 4.74 Å². The molecule has 0 rings (SSSR count). The van der Waals surface area contributed by atoms with Gasteiger partial charge in [0.05, 0.1) is 0 Å². The van der Waals surface area contributed by atoms with E-state index in [1.807, 2.05) is 0 Å². The van der Waals surface area contributed by atoms with Crippen molar-refractivity contribution in [1.82, 2.24) is 0 Å². The molecule has 0 fully saturated rings. The second-order valence-corrected chi connectivity index (χ2v) is 3.80. The molecule has 0 atom stereocenters. The van der Waals surface area contributed by atoms with Gasteiger partial charge in [0.15, 0.2) is 0 Å². The largest absolute Gasteiger partial charge is 0.385 e. The number of methoxy groups -OCH3 is 1. The van der Waals surface area contributed by atoms with Crippen molar-refractivity contribution in [2.45, 2.75) is 33.1 Å². The Balaban J connectivity index is 3.38. The number of nitrogens with two attached hydrogens (primary N) is 1. The van der Waals surface area contributed by atoms with Crippen LogP contribution >= 0.6 is 0 Å². The zero-order chi connectivity index (χ0) is 8.74. The van der Waals surface area contributed by atoms with E-state index in [4.69, 9.17) is 10.5 Å². The number of hydrogen-bond donors (Lipinski definition) is 1. The van der Waals surface area contributed by atoms with Crippen LogP contribution in [0.15, 0.2) is 0 Å². The van der Waals surface area contributed by atoms with Crippen molar-refractivity contribution in [1.29, 1.82) is 0 Å². The fourth-order valence-electron chi connectivity index (χ4n) is 1.21. The Morgan fingerprint density at radius 3 is 2.36 bits per heavy atom. The lowest BCUT2D eigenvalue weighted by Gasteiger charge is -2.23. The first-order valence-corrected chi connectivity index (χ1v) is 4.31. The quantitative estimate of drug-likeness (QED) is 0.600. The molecule has 0 aliphatic heterocycles. The van der Waals surface area contributed by atoms with E-state index >= 15 is 0 Å². The summed E-state index contributed by atoms with van der Waals surface area (Å²) >= 11 is 0. The molecule has 0 saturated carbocycles. The number of ether oxygens (including phenoxy) is 1. The maximum atomic E-state index is 5.49. The highest BCUT2D eigenvalue weighted by molar-refractivity contribution is 4.68. The lowest BCUT2D eigenvalue weighted by atomic mass is 9.84. The van der Waals surface area contributed by atoms with E-state index in [1.54, 1.807) is 7.11 Å². The Labute approximate surface area is 70.1 Å². The molecule has 2 heteroatoms. The molecule has 11 heavy (non-hydrogen) atoms. The van der Waals surface area contributed by atoms with Gasteiger partial charge in [-0.15, -0.1) is 0 Å². The van der Waals surface area contributed by atoms with Crippen molar-refractivity contribution in [3.8, 4) is 0 Å². The molecular formula is C9H21NO. The van der Waals surface area contributed by atoms with Crippen LogP contribution in [0.5, 0.6) is 0 Å². The second-order valence-electron chi connectivity index (χ2n) is 3.80. The van der Waals surface area contributed by atoms with Crippen LogP contribution in [0.4, 0.5) is 0 Å². The van der Waals surface area contributed by atoms with Crippen LogP contribution in [0, 0.1) is 5.41 Å². The minimum Gasteiger partial charge on any atom is -0.385 e. The zero-order valence-electron chi connectivity index (χ0n) is 8.02. The summed E-state index contributed by atoms with van der Waals surface area (Å²) < 4.78 is 4.98. The topological polar surface area (TPSA) is 35.2 Å². The van der Waals surface area contributed by atoms with E-state index in [9.17, 15) is 0 Å². The Morgan fingerprint density at radius 1 is 1.27 bits per heavy atom. The highest BCUT2D eigenvalue weighted by Crippen LogP contribution is 2.25. The summed E-state index contributed by atoms with van der Waals surface area (Å²) in [5.74, 6) is 0. The first-order chi connectivity index (χ1) is 5.12. The van der Waals surface area contributed by atoms with Crippen LogP contribution in [-0.2, 0) is 4.74 Å². The molecule has 0 aliphatic carbocycles. The SMILES string of the molecule is COCCCC(C)(C)CCN. The fourth-order valence-corrected chi connectivity index (χ4v) is 1.21. The molecule has 0 amide bonds. The van der Waals surface area contributed by atoms with Crippen LogP contribution in [0.25, 0.3) is 0 Å². The van der Waals surface area contributed by atoms with Gasteiger partial charge in [-0.2, -0.15) is 0 Å². The van der Waals surface area contributed by atoms with E-state index in [2.05, 4.69) is 13.8 Å². The summed E-state index contributed by atoms with van der Waals surface area (Å²) in [6.07, 6.45) is 3.46. The van der Waals surface area contributed by atoms with Gasteiger partial charge in [-0.1, -0.05) is 13.8 Å². The minimum absolute atomic E-state index is 0.396.